The molecule has 2 aromatic heterocycles. The summed E-state index contributed by atoms with van der Waals surface area (Å²) < 4.78 is 7.04. The van der Waals surface area contributed by atoms with Gasteiger partial charge in [0.2, 0.25) is 0 Å². The van der Waals surface area contributed by atoms with Gasteiger partial charge in [0.05, 0.1) is 32.0 Å². The molecule has 0 aliphatic carbocycles. The second-order valence-corrected chi connectivity index (χ2v) is 4.04. The molecule has 0 radical (unpaired) electrons. The average Bonchev–Trinajstić information content (AvgIpc) is 2.86. The van der Waals surface area contributed by atoms with Crippen LogP contribution in [0.3, 0.4) is 0 Å². The molecule has 0 unspecified atom stereocenters. The van der Waals surface area contributed by atoms with Crippen LogP contribution in [0.5, 0.6) is 0 Å². The van der Waals surface area contributed by atoms with E-state index in [-0.39, 0.29) is 24.3 Å². The molecule has 0 saturated carbocycles. The number of hydrogen-bond acceptors (Lipinski definition) is 6. The van der Waals surface area contributed by atoms with Crippen LogP contribution in [0, 0.1) is 0 Å². The van der Waals surface area contributed by atoms with Gasteiger partial charge < -0.3 is 19.9 Å². The Bertz CT molecular complexity index is 590. The second kappa shape index (κ2) is 5.91. The quantitative estimate of drug-likeness (QED) is 0.644. The lowest BCUT2D eigenvalue weighted by atomic mass is 10.3. The Morgan fingerprint density at radius 1 is 1.42 bits per heavy atom. The standard InChI is InChI=1S/C11H16N4O4/c1-2-7(3-16)19-8(4-17)15-6-14-9-10(15)12-5-13-11(9)18/h5-8,16-17H,2-4H2,1H3,(H,12,13,18)/t7-,8-/m1/s1. The topological polar surface area (TPSA) is 113 Å². The first kappa shape index (κ1) is 13.7. The zero-order valence-electron chi connectivity index (χ0n) is 10.5. The highest BCUT2D eigenvalue weighted by molar-refractivity contribution is 5.68. The molecule has 0 saturated heterocycles. The number of aromatic amines is 1. The minimum atomic E-state index is -0.739. The summed E-state index contributed by atoms with van der Waals surface area (Å²) >= 11 is 0. The summed E-state index contributed by atoms with van der Waals surface area (Å²) in [4.78, 5) is 21.9. The molecule has 3 N–H and O–H groups in total. The number of aromatic nitrogens is 4. The van der Waals surface area contributed by atoms with Crippen LogP contribution in [0.25, 0.3) is 11.2 Å². The minimum absolute atomic E-state index is 0.145. The maximum absolute atomic E-state index is 11.5. The summed E-state index contributed by atoms with van der Waals surface area (Å²) in [5.41, 5.74) is 0.159. The number of ether oxygens (including phenoxy) is 1. The third-order valence-corrected chi connectivity index (χ3v) is 2.84. The second-order valence-electron chi connectivity index (χ2n) is 4.04. The van der Waals surface area contributed by atoms with Gasteiger partial charge in [0.15, 0.2) is 17.4 Å². The van der Waals surface area contributed by atoms with Crippen molar-refractivity contribution in [2.45, 2.75) is 25.7 Å². The molecular weight excluding hydrogens is 252 g/mol. The van der Waals surface area contributed by atoms with Gasteiger partial charge in [0, 0.05) is 0 Å². The predicted molar refractivity (Wildman–Crippen MR) is 66.5 cm³/mol. The fraction of sp³-hybridized carbons (Fsp3) is 0.545. The van der Waals surface area contributed by atoms with Gasteiger partial charge in [-0.05, 0) is 6.42 Å². The number of rotatable bonds is 6. The molecule has 2 aromatic rings. The van der Waals surface area contributed by atoms with Crippen molar-refractivity contribution in [3.05, 3.63) is 23.0 Å². The van der Waals surface area contributed by atoms with Crippen molar-refractivity contribution >= 4 is 11.2 Å². The highest BCUT2D eigenvalue weighted by Crippen LogP contribution is 2.16. The molecule has 104 valence electrons. The number of H-pyrrole nitrogens is 1. The molecule has 0 aromatic carbocycles. The summed E-state index contributed by atoms with van der Waals surface area (Å²) in [6, 6.07) is 0. The first-order valence-corrected chi connectivity index (χ1v) is 5.98. The van der Waals surface area contributed by atoms with E-state index in [1.54, 1.807) is 0 Å². The lowest BCUT2D eigenvalue weighted by molar-refractivity contribution is -0.0955. The van der Waals surface area contributed by atoms with Crippen LogP contribution >= 0.6 is 0 Å². The van der Waals surface area contributed by atoms with Gasteiger partial charge in [-0.2, -0.15) is 0 Å². The predicted octanol–water partition coefficient (Wildman–Crippen LogP) is -0.602. The third kappa shape index (κ3) is 2.65. The van der Waals surface area contributed by atoms with E-state index in [1.807, 2.05) is 6.92 Å². The van der Waals surface area contributed by atoms with E-state index in [1.165, 1.54) is 17.2 Å². The monoisotopic (exact) mass is 268 g/mol. The van der Waals surface area contributed by atoms with Crippen molar-refractivity contribution in [1.82, 2.24) is 19.5 Å². The van der Waals surface area contributed by atoms with Crippen LogP contribution in [-0.4, -0.2) is 49.0 Å². The van der Waals surface area contributed by atoms with E-state index >= 15 is 0 Å². The van der Waals surface area contributed by atoms with Crippen LogP contribution in [0.2, 0.25) is 0 Å². The Kier molecular flexibility index (Phi) is 4.25. The summed E-state index contributed by atoms with van der Waals surface area (Å²) in [5.74, 6) is 0. The van der Waals surface area contributed by atoms with E-state index in [0.717, 1.165) is 0 Å². The number of nitrogens with zero attached hydrogens (tertiary/aromatic N) is 3. The van der Waals surface area contributed by atoms with E-state index in [0.29, 0.717) is 12.1 Å². The van der Waals surface area contributed by atoms with Crippen molar-refractivity contribution in [1.29, 1.82) is 0 Å². The van der Waals surface area contributed by atoms with Crippen LogP contribution in [0.1, 0.15) is 19.6 Å². The first-order chi connectivity index (χ1) is 9.21. The van der Waals surface area contributed by atoms with Gasteiger partial charge in [-0.3, -0.25) is 9.36 Å². The summed E-state index contributed by atoms with van der Waals surface area (Å²) in [6.07, 6.45) is 2.12. The van der Waals surface area contributed by atoms with Crippen LogP contribution in [0.4, 0.5) is 0 Å². The van der Waals surface area contributed by atoms with Crippen molar-refractivity contribution < 1.29 is 14.9 Å². The number of fused-ring (bicyclic) bond motifs is 1. The Morgan fingerprint density at radius 2 is 2.21 bits per heavy atom. The number of aliphatic hydroxyl groups excluding tert-OH is 2. The van der Waals surface area contributed by atoms with Crippen molar-refractivity contribution in [3.63, 3.8) is 0 Å². The summed E-state index contributed by atoms with van der Waals surface area (Å²) in [5, 5.41) is 18.5. The van der Waals surface area contributed by atoms with Crippen LogP contribution in [0.15, 0.2) is 17.4 Å². The molecule has 0 bridgehead atoms. The molecule has 8 nitrogen and oxygen atoms in total. The Morgan fingerprint density at radius 3 is 2.84 bits per heavy atom. The third-order valence-electron chi connectivity index (χ3n) is 2.84. The molecule has 2 heterocycles. The van der Waals surface area contributed by atoms with Gasteiger partial charge >= 0.3 is 0 Å². The average molecular weight is 268 g/mol. The smallest absolute Gasteiger partial charge is 0.278 e. The van der Waals surface area contributed by atoms with E-state index < -0.39 is 12.3 Å². The number of imidazole rings is 1. The minimum Gasteiger partial charge on any atom is -0.394 e. The van der Waals surface area contributed by atoms with Gasteiger partial charge in [0.1, 0.15) is 0 Å². The largest absolute Gasteiger partial charge is 0.394 e. The molecule has 8 heteroatoms. The maximum atomic E-state index is 11.5. The Balaban J connectivity index is 2.36. The normalized spacial score (nSPS) is 14.7. The molecule has 2 atom stereocenters. The fourth-order valence-electron chi connectivity index (χ4n) is 1.76. The number of aliphatic hydroxyl groups is 2. The summed E-state index contributed by atoms with van der Waals surface area (Å²) in [6.45, 7) is 1.41. The highest BCUT2D eigenvalue weighted by Gasteiger charge is 2.19. The van der Waals surface area contributed by atoms with Gasteiger partial charge in [-0.15, -0.1) is 0 Å². The lowest BCUT2D eigenvalue weighted by Gasteiger charge is -2.22. The van der Waals surface area contributed by atoms with E-state index in [2.05, 4.69) is 15.0 Å². The molecule has 0 fully saturated rings. The molecule has 2 rings (SSSR count). The molecule has 0 aliphatic heterocycles. The zero-order valence-corrected chi connectivity index (χ0v) is 10.5. The first-order valence-electron chi connectivity index (χ1n) is 5.98. The van der Waals surface area contributed by atoms with Crippen molar-refractivity contribution in [3.8, 4) is 0 Å². The fourth-order valence-corrected chi connectivity index (χ4v) is 1.76. The van der Waals surface area contributed by atoms with E-state index in [9.17, 15) is 9.90 Å². The maximum Gasteiger partial charge on any atom is 0.278 e. The Labute approximate surface area is 108 Å². The molecule has 0 spiro atoms. The summed E-state index contributed by atoms with van der Waals surface area (Å²) in [7, 11) is 0. The Hall–Kier alpha value is -1.77. The molecule has 0 aliphatic rings. The number of hydrogen-bond donors (Lipinski definition) is 3. The zero-order chi connectivity index (χ0) is 13.8. The van der Waals surface area contributed by atoms with Crippen LogP contribution < -0.4 is 5.56 Å². The molecule has 0 amide bonds. The molecular formula is C11H16N4O4. The van der Waals surface area contributed by atoms with Gasteiger partial charge in [-0.1, -0.05) is 6.92 Å². The highest BCUT2D eigenvalue weighted by atomic mass is 16.5. The van der Waals surface area contributed by atoms with Crippen LogP contribution in [-0.2, 0) is 4.74 Å². The SMILES string of the molecule is CC[C@H](CO)O[C@H](CO)n1cnc2c(=O)[nH]cnc21. The van der Waals surface area contributed by atoms with Crippen molar-refractivity contribution in [2.75, 3.05) is 13.2 Å². The van der Waals surface area contributed by atoms with Crippen molar-refractivity contribution in [2.24, 2.45) is 0 Å². The number of nitrogens with one attached hydrogen (secondary N) is 1. The lowest BCUT2D eigenvalue weighted by Crippen LogP contribution is -2.25. The van der Waals surface area contributed by atoms with E-state index in [4.69, 9.17) is 9.84 Å². The molecule has 19 heavy (non-hydrogen) atoms. The van der Waals surface area contributed by atoms with Gasteiger partial charge in [-0.25, -0.2) is 9.97 Å². The van der Waals surface area contributed by atoms with Gasteiger partial charge in [0.25, 0.3) is 5.56 Å².